The number of pyridine rings is 1. The zero-order chi connectivity index (χ0) is 13.0. The Kier molecular flexibility index (Phi) is 3.44. The highest BCUT2D eigenvalue weighted by Gasteiger charge is 2.07. The summed E-state index contributed by atoms with van der Waals surface area (Å²) in [6.07, 6.45) is 1.59. The summed E-state index contributed by atoms with van der Waals surface area (Å²) >= 11 is 0. The van der Waals surface area contributed by atoms with Crippen molar-refractivity contribution in [1.82, 2.24) is 4.98 Å². The van der Waals surface area contributed by atoms with Crippen LogP contribution in [-0.2, 0) is 0 Å². The molecule has 1 aromatic heterocycles. The lowest BCUT2D eigenvalue weighted by molar-refractivity contribution is 0.416. The van der Waals surface area contributed by atoms with Gasteiger partial charge in [0.1, 0.15) is 11.8 Å². The van der Waals surface area contributed by atoms with Crippen LogP contribution in [0.1, 0.15) is 11.3 Å². The number of ether oxygens (including phenoxy) is 1. The molecule has 0 bridgehead atoms. The van der Waals surface area contributed by atoms with E-state index in [-0.39, 0.29) is 0 Å². The number of nitrogens with zero attached hydrogens (tertiary/aromatic N) is 2. The third kappa shape index (κ3) is 2.41. The molecule has 1 heterocycles. The highest BCUT2D eigenvalue weighted by Crippen LogP contribution is 2.29. The lowest BCUT2D eigenvalue weighted by Crippen LogP contribution is -1.98. The van der Waals surface area contributed by atoms with Gasteiger partial charge in [0.25, 0.3) is 0 Å². The fourth-order valence-corrected chi connectivity index (χ4v) is 1.66. The van der Waals surface area contributed by atoms with Crippen molar-refractivity contribution in [3.8, 4) is 11.8 Å². The zero-order valence-corrected chi connectivity index (χ0v) is 10.3. The molecule has 0 saturated heterocycles. The zero-order valence-electron chi connectivity index (χ0n) is 10.3. The third-order valence-corrected chi connectivity index (χ3v) is 2.54. The van der Waals surface area contributed by atoms with Gasteiger partial charge in [0.15, 0.2) is 5.69 Å². The van der Waals surface area contributed by atoms with Crippen molar-refractivity contribution in [2.24, 2.45) is 0 Å². The van der Waals surface area contributed by atoms with Crippen LogP contribution in [-0.4, -0.2) is 12.1 Å². The van der Waals surface area contributed by atoms with Crippen LogP contribution in [0.15, 0.2) is 36.5 Å². The predicted octanol–water partition coefficient (Wildman–Crippen LogP) is 3.01. The van der Waals surface area contributed by atoms with Crippen molar-refractivity contribution in [2.45, 2.75) is 6.92 Å². The molecule has 90 valence electrons. The van der Waals surface area contributed by atoms with Crippen molar-refractivity contribution in [3.63, 3.8) is 0 Å². The van der Waals surface area contributed by atoms with E-state index in [0.29, 0.717) is 11.4 Å². The maximum Gasteiger partial charge on any atom is 0.163 e. The number of nitriles is 1. The standard InChI is InChI=1S/C14H13N3O/c1-10-5-6-14(18-2)12(8-10)17-11-4-3-7-16-13(11)9-15/h3-8,17H,1-2H3. The SMILES string of the molecule is COc1ccc(C)cc1Nc1cccnc1C#N. The third-order valence-electron chi connectivity index (χ3n) is 2.54. The minimum absolute atomic E-state index is 0.362. The number of nitrogens with one attached hydrogen (secondary N) is 1. The summed E-state index contributed by atoms with van der Waals surface area (Å²) in [6, 6.07) is 11.5. The second-order valence-electron chi connectivity index (χ2n) is 3.84. The molecule has 1 N–H and O–H groups in total. The minimum Gasteiger partial charge on any atom is -0.495 e. The van der Waals surface area contributed by atoms with Gasteiger partial charge in [-0.05, 0) is 36.8 Å². The topological polar surface area (TPSA) is 57.9 Å². The van der Waals surface area contributed by atoms with Gasteiger partial charge in [-0.1, -0.05) is 6.07 Å². The molecule has 0 aliphatic rings. The van der Waals surface area contributed by atoms with E-state index in [2.05, 4.69) is 16.4 Å². The van der Waals surface area contributed by atoms with Crippen molar-refractivity contribution < 1.29 is 4.74 Å². The van der Waals surface area contributed by atoms with Gasteiger partial charge in [-0.25, -0.2) is 4.98 Å². The van der Waals surface area contributed by atoms with Gasteiger partial charge < -0.3 is 10.1 Å². The maximum atomic E-state index is 8.99. The first-order chi connectivity index (χ1) is 8.74. The summed E-state index contributed by atoms with van der Waals surface area (Å²) in [5.74, 6) is 0.730. The van der Waals surface area contributed by atoms with Gasteiger partial charge in [-0.15, -0.1) is 0 Å². The second-order valence-corrected chi connectivity index (χ2v) is 3.84. The fourth-order valence-electron chi connectivity index (χ4n) is 1.66. The van der Waals surface area contributed by atoms with E-state index in [1.54, 1.807) is 19.4 Å². The van der Waals surface area contributed by atoms with Gasteiger partial charge in [-0.3, -0.25) is 0 Å². The molecule has 0 unspecified atom stereocenters. The number of anilines is 2. The average Bonchev–Trinajstić information content (AvgIpc) is 2.40. The van der Waals surface area contributed by atoms with Gasteiger partial charge in [0.2, 0.25) is 0 Å². The Balaban J connectivity index is 2.40. The molecule has 1 aromatic carbocycles. The predicted molar refractivity (Wildman–Crippen MR) is 70.0 cm³/mol. The minimum atomic E-state index is 0.362. The monoisotopic (exact) mass is 239 g/mol. The molecule has 0 spiro atoms. The molecule has 0 aliphatic heterocycles. The molecule has 4 nitrogen and oxygen atoms in total. The summed E-state index contributed by atoms with van der Waals surface area (Å²) in [4.78, 5) is 4.01. The molecule has 0 saturated carbocycles. The van der Waals surface area contributed by atoms with Crippen LogP contribution in [0, 0.1) is 18.3 Å². The molecule has 4 heteroatoms. The first-order valence-corrected chi connectivity index (χ1v) is 5.51. The van der Waals surface area contributed by atoms with E-state index in [1.165, 1.54) is 0 Å². The molecule has 2 aromatic rings. The lowest BCUT2D eigenvalue weighted by atomic mass is 10.2. The molecular weight excluding hydrogens is 226 g/mol. The number of benzene rings is 1. The van der Waals surface area contributed by atoms with Gasteiger partial charge in [0, 0.05) is 6.20 Å². The van der Waals surface area contributed by atoms with E-state index in [0.717, 1.165) is 17.0 Å². The van der Waals surface area contributed by atoms with Crippen LogP contribution in [0.4, 0.5) is 11.4 Å². The fraction of sp³-hybridized carbons (Fsp3) is 0.143. The quantitative estimate of drug-likeness (QED) is 0.894. The molecule has 18 heavy (non-hydrogen) atoms. The largest absolute Gasteiger partial charge is 0.495 e. The normalized spacial score (nSPS) is 9.61. The number of aryl methyl sites for hydroxylation is 1. The van der Waals surface area contributed by atoms with Crippen molar-refractivity contribution in [3.05, 3.63) is 47.8 Å². The molecular formula is C14H13N3O. The summed E-state index contributed by atoms with van der Waals surface area (Å²) in [6.45, 7) is 2.00. The van der Waals surface area contributed by atoms with Crippen LogP contribution >= 0.6 is 0 Å². The van der Waals surface area contributed by atoms with E-state index < -0.39 is 0 Å². The Hall–Kier alpha value is -2.54. The van der Waals surface area contributed by atoms with E-state index in [1.807, 2.05) is 31.2 Å². The highest BCUT2D eigenvalue weighted by molar-refractivity contribution is 5.69. The van der Waals surface area contributed by atoms with E-state index in [9.17, 15) is 0 Å². The number of hydrogen-bond acceptors (Lipinski definition) is 4. The van der Waals surface area contributed by atoms with Gasteiger partial charge >= 0.3 is 0 Å². The van der Waals surface area contributed by atoms with Crippen molar-refractivity contribution in [2.75, 3.05) is 12.4 Å². The number of aromatic nitrogens is 1. The number of methoxy groups -OCH3 is 1. The average molecular weight is 239 g/mol. The summed E-state index contributed by atoms with van der Waals surface area (Å²) in [5, 5.41) is 12.2. The Morgan fingerprint density at radius 2 is 2.11 bits per heavy atom. The second kappa shape index (κ2) is 5.19. The molecule has 0 aliphatic carbocycles. The molecule has 0 atom stereocenters. The van der Waals surface area contributed by atoms with E-state index >= 15 is 0 Å². The van der Waals surface area contributed by atoms with Gasteiger partial charge in [0.05, 0.1) is 18.5 Å². The molecule has 2 rings (SSSR count). The van der Waals surface area contributed by atoms with Crippen LogP contribution in [0.25, 0.3) is 0 Å². The van der Waals surface area contributed by atoms with Crippen molar-refractivity contribution >= 4 is 11.4 Å². The Bertz CT molecular complexity index is 602. The van der Waals surface area contributed by atoms with Crippen LogP contribution in [0.3, 0.4) is 0 Å². The Morgan fingerprint density at radius 3 is 2.83 bits per heavy atom. The molecule has 0 fully saturated rings. The van der Waals surface area contributed by atoms with E-state index in [4.69, 9.17) is 10.00 Å². The van der Waals surface area contributed by atoms with Crippen molar-refractivity contribution in [1.29, 1.82) is 5.26 Å². The van der Waals surface area contributed by atoms with Crippen LogP contribution in [0.2, 0.25) is 0 Å². The smallest absolute Gasteiger partial charge is 0.163 e. The van der Waals surface area contributed by atoms with Gasteiger partial charge in [-0.2, -0.15) is 5.26 Å². The summed E-state index contributed by atoms with van der Waals surface area (Å²) in [5.41, 5.74) is 2.97. The van der Waals surface area contributed by atoms with Crippen LogP contribution < -0.4 is 10.1 Å². The molecule has 0 amide bonds. The first kappa shape index (κ1) is 11.9. The highest BCUT2D eigenvalue weighted by atomic mass is 16.5. The maximum absolute atomic E-state index is 8.99. The summed E-state index contributed by atoms with van der Waals surface area (Å²) in [7, 11) is 1.62. The number of hydrogen-bond donors (Lipinski definition) is 1. The first-order valence-electron chi connectivity index (χ1n) is 5.51. The molecule has 0 radical (unpaired) electrons. The Labute approximate surface area is 106 Å². The summed E-state index contributed by atoms with van der Waals surface area (Å²) < 4.78 is 5.28. The van der Waals surface area contributed by atoms with Crippen LogP contribution in [0.5, 0.6) is 5.75 Å². The lowest BCUT2D eigenvalue weighted by Gasteiger charge is -2.12. The Morgan fingerprint density at radius 1 is 1.28 bits per heavy atom. The number of rotatable bonds is 3.